The Morgan fingerprint density at radius 1 is 1.11 bits per heavy atom. The first-order valence-corrected chi connectivity index (χ1v) is 6.23. The molecule has 0 aromatic heterocycles. The van der Waals surface area contributed by atoms with Crippen molar-refractivity contribution in [1.29, 1.82) is 0 Å². The molecule has 3 rings (SSSR count). The molecule has 1 aromatic rings. The van der Waals surface area contributed by atoms with Crippen molar-refractivity contribution in [2.45, 2.75) is 32.4 Å². The number of carboxylic acid groups (broad SMARTS) is 1. The zero-order valence-corrected chi connectivity index (χ0v) is 10.1. The largest absolute Gasteiger partial charge is 0.480 e. The van der Waals surface area contributed by atoms with Crippen molar-refractivity contribution in [2.24, 2.45) is 5.41 Å². The summed E-state index contributed by atoms with van der Waals surface area (Å²) in [5, 5.41) is 9.28. The normalized spacial score (nSPS) is 20.1. The Kier molecular flexibility index (Phi) is 2.40. The minimum atomic E-state index is -1.14. The van der Waals surface area contributed by atoms with Gasteiger partial charge in [-0.1, -0.05) is 30.7 Å². The topological polar surface area (TPSA) is 57.6 Å². The predicted octanol–water partition coefficient (Wildman–Crippen LogP) is 1.78. The van der Waals surface area contributed by atoms with Gasteiger partial charge in [0.05, 0.1) is 0 Å². The van der Waals surface area contributed by atoms with E-state index >= 15 is 0 Å². The van der Waals surface area contributed by atoms with Gasteiger partial charge in [-0.05, 0) is 24.0 Å². The van der Waals surface area contributed by atoms with Crippen LogP contribution in [0.2, 0.25) is 0 Å². The zero-order chi connectivity index (χ0) is 12.8. The molecule has 4 nitrogen and oxygen atoms in total. The highest BCUT2D eigenvalue weighted by Gasteiger charge is 2.53. The zero-order valence-electron chi connectivity index (χ0n) is 10.1. The van der Waals surface area contributed by atoms with Crippen LogP contribution in [0.5, 0.6) is 0 Å². The van der Waals surface area contributed by atoms with Crippen molar-refractivity contribution in [1.82, 2.24) is 4.90 Å². The minimum Gasteiger partial charge on any atom is -0.480 e. The van der Waals surface area contributed by atoms with Crippen molar-refractivity contribution in [2.75, 3.05) is 0 Å². The van der Waals surface area contributed by atoms with Crippen LogP contribution in [0.4, 0.5) is 0 Å². The van der Waals surface area contributed by atoms with Crippen LogP contribution in [-0.2, 0) is 22.7 Å². The molecule has 1 aliphatic carbocycles. The SMILES string of the molecule is O=C(O)C1(C(=O)N2Cc3ccccc3C2)CCC1. The number of nitrogens with zero attached hydrogens (tertiary/aromatic N) is 1. The van der Waals surface area contributed by atoms with Gasteiger partial charge in [-0.2, -0.15) is 0 Å². The summed E-state index contributed by atoms with van der Waals surface area (Å²) in [5.74, 6) is -1.17. The lowest BCUT2D eigenvalue weighted by Gasteiger charge is -2.38. The van der Waals surface area contributed by atoms with Crippen LogP contribution in [0.3, 0.4) is 0 Å². The Hall–Kier alpha value is -1.84. The Balaban J connectivity index is 1.82. The molecular weight excluding hydrogens is 230 g/mol. The lowest BCUT2D eigenvalue weighted by molar-refractivity contribution is -0.167. The van der Waals surface area contributed by atoms with E-state index in [-0.39, 0.29) is 5.91 Å². The number of carbonyl (C=O) groups is 2. The van der Waals surface area contributed by atoms with E-state index < -0.39 is 11.4 Å². The van der Waals surface area contributed by atoms with Crippen molar-refractivity contribution >= 4 is 11.9 Å². The number of carboxylic acids is 1. The number of hydrogen-bond acceptors (Lipinski definition) is 2. The molecule has 1 aromatic carbocycles. The molecule has 1 saturated carbocycles. The highest BCUT2D eigenvalue weighted by Crippen LogP contribution is 2.44. The third kappa shape index (κ3) is 1.45. The molecular formula is C14H15NO3. The van der Waals surface area contributed by atoms with Crippen molar-refractivity contribution in [3.8, 4) is 0 Å². The van der Waals surface area contributed by atoms with Gasteiger partial charge in [0.1, 0.15) is 5.41 Å². The van der Waals surface area contributed by atoms with Gasteiger partial charge in [-0.25, -0.2) is 0 Å². The monoisotopic (exact) mass is 245 g/mol. The minimum absolute atomic E-state index is 0.211. The number of fused-ring (bicyclic) bond motifs is 1. The van der Waals surface area contributed by atoms with Gasteiger partial charge >= 0.3 is 5.97 Å². The molecule has 1 heterocycles. The molecule has 94 valence electrons. The van der Waals surface area contributed by atoms with Gasteiger partial charge in [0.2, 0.25) is 5.91 Å². The first kappa shape index (κ1) is 11.3. The second kappa shape index (κ2) is 3.83. The molecule has 1 fully saturated rings. The summed E-state index contributed by atoms with van der Waals surface area (Å²) in [6.07, 6.45) is 1.79. The number of aliphatic carboxylic acids is 1. The standard InChI is InChI=1S/C14H15NO3/c16-12(14(13(17)18)6-3-7-14)15-8-10-4-1-2-5-11(10)9-15/h1-2,4-5H,3,6-9H2,(H,17,18). The summed E-state index contributed by atoms with van der Waals surface area (Å²) in [4.78, 5) is 25.4. The molecule has 1 aliphatic heterocycles. The summed E-state index contributed by atoms with van der Waals surface area (Å²) in [6, 6.07) is 7.89. The van der Waals surface area contributed by atoms with E-state index in [1.165, 1.54) is 0 Å². The van der Waals surface area contributed by atoms with Crippen LogP contribution in [0.15, 0.2) is 24.3 Å². The fourth-order valence-electron chi connectivity index (χ4n) is 2.83. The molecule has 0 bridgehead atoms. The van der Waals surface area contributed by atoms with E-state index in [2.05, 4.69) is 0 Å². The molecule has 1 amide bonds. The highest BCUT2D eigenvalue weighted by atomic mass is 16.4. The van der Waals surface area contributed by atoms with E-state index in [4.69, 9.17) is 0 Å². The lowest BCUT2D eigenvalue weighted by Crippen LogP contribution is -2.51. The van der Waals surface area contributed by atoms with Crippen LogP contribution in [0, 0.1) is 5.41 Å². The Morgan fingerprint density at radius 2 is 1.67 bits per heavy atom. The summed E-state index contributed by atoms with van der Waals surface area (Å²) < 4.78 is 0. The number of rotatable bonds is 2. The van der Waals surface area contributed by atoms with Gasteiger partial charge in [0.25, 0.3) is 0 Å². The van der Waals surface area contributed by atoms with Crippen LogP contribution in [0.1, 0.15) is 30.4 Å². The van der Waals surface area contributed by atoms with Crippen molar-refractivity contribution < 1.29 is 14.7 Å². The maximum absolute atomic E-state index is 12.4. The van der Waals surface area contributed by atoms with E-state index in [0.29, 0.717) is 25.9 Å². The predicted molar refractivity (Wildman–Crippen MR) is 64.6 cm³/mol. The van der Waals surface area contributed by atoms with Crippen LogP contribution in [-0.4, -0.2) is 21.9 Å². The molecule has 0 radical (unpaired) electrons. The van der Waals surface area contributed by atoms with Gasteiger partial charge in [-0.15, -0.1) is 0 Å². The van der Waals surface area contributed by atoms with E-state index in [1.54, 1.807) is 4.90 Å². The van der Waals surface area contributed by atoms with Crippen molar-refractivity contribution in [3.05, 3.63) is 35.4 Å². The van der Waals surface area contributed by atoms with Crippen LogP contribution >= 0.6 is 0 Å². The first-order chi connectivity index (χ1) is 8.63. The molecule has 0 unspecified atom stereocenters. The fraction of sp³-hybridized carbons (Fsp3) is 0.429. The van der Waals surface area contributed by atoms with Gasteiger partial charge < -0.3 is 10.0 Å². The maximum Gasteiger partial charge on any atom is 0.319 e. The van der Waals surface area contributed by atoms with E-state index in [9.17, 15) is 14.7 Å². The van der Waals surface area contributed by atoms with Gasteiger partial charge in [0, 0.05) is 13.1 Å². The molecule has 0 atom stereocenters. The second-order valence-corrected chi connectivity index (χ2v) is 5.17. The molecule has 4 heteroatoms. The average molecular weight is 245 g/mol. The van der Waals surface area contributed by atoms with E-state index in [0.717, 1.165) is 17.5 Å². The fourth-order valence-corrected chi connectivity index (χ4v) is 2.83. The Morgan fingerprint density at radius 3 is 2.06 bits per heavy atom. The highest BCUT2D eigenvalue weighted by molar-refractivity contribution is 6.03. The smallest absolute Gasteiger partial charge is 0.319 e. The van der Waals surface area contributed by atoms with E-state index in [1.807, 2.05) is 24.3 Å². The number of benzene rings is 1. The van der Waals surface area contributed by atoms with Crippen LogP contribution < -0.4 is 0 Å². The summed E-state index contributed by atoms with van der Waals surface area (Å²) in [7, 11) is 0. The summed E-state index contributed by atoms with van der Waals surface area (Å²) in [5.41, 5.74) is 1.12. The van der Waals surface area contributed by atoms with Crippen molar-refractivity contribution in [3.63, 3.8) is 0 Å². The summed E-state index contributed by atoms with van der Waals surface area (Å²) in [6.45, 7) is 1.09. The first-order valence-electron chi connectivity index (χ1n) is 6.23. The summed E-state index contributed by atoms with van der Waals surface area (Å²) >= 11 is 0. The van der Waals surface area contributed by atoms with Crippen LogP contribution in [0.25, 0.3) is 0 Å². The molecule has 2 aliphatic rings. The number of hydrogen-bond donors (Lipinski definition) is 1. The quantitative estimate of drug-likeness (QED) is 0.808. The average Bonchev–Trinajstić information content (AvgIpc) is 2.70. The molecule has 0 spiro atoms. The number of carbonyl (C=O) groups excluding carboxylic acids is 1. The third-order valence-corrected chi connectivity index (χ3v) is 4.15. The second-order valence-electron chi connectivity index (χ2n) is 5.17. The lowest BCUT2D eigenvalue weighted by atomic mass is 9.68. The third-order valence-electron chi connectivity index (χ3n) is 4.15. The molecule has 0 saturated heterocycles. The molecule has 1 N–H and O–H groups in total. The molecule has 18 heavy (non-hydrogen) atoms. The van der Waals surface area contributed by atoms with Gasteiger partial charge in [0.15, 0.2) is 0 Å². The van der Waals surface area contributed by atoms with Gasteiger partial charge in [-0.3, -0.25) is 9.59 Å². The Bertz CT molecular complexity index is 495. The maximum atomic E-state index is 12.4. The number of amides is 1. The Labute approximate surface area is 105 Å².